The zero-order valence-electron chi connectivity index (χ0n) is 21.2. The van der Waals surface area contributed by atoms with Gasteiger partial charge in [0, 0.05) is 23.9 Å². The third kappa shape index (κ3) is 5.14. The van der Waals surface area contributed by atoms with Gasteiger partial charge in [-0.2, -0.15) is 0 Å². The van der Waals surface area contributed by atoms with Crippen LogP contribution in [0.15, 0.2) is 35.0 Å². The van der Waals surface area contributed by atoms with Crippen molar-refractivity contribution in [3.8, 4) is 28.4 Å². The molecule has 1 aromatic carbocycles. The maximum absolute atomic E-state index is 6.68. The lowest BCUT2D eigenvalue weighted by Gasteiger charge is -2.22. The van der Waals surface area contributed by atoms with E-state index < -0.39 is 0 Å². The predicted octanol–water partition coefficient (Wildman–Crippen LogP) is 5.93. The Morgan fingerprint density at radius 1 is 1.11 bits per heavy atom. The average molecular weight is 539 g/mol. The molecule has 10 heteroatoms. The van der Waals surface area contributed by atoms with Crippen molar-refractivity contribution in [3.05, 3.63) is 68.8 Å². The van der Waals surface area contributed by atoms with E-state index >= 15 is 0 Å². The van der Waals surface area contributed by atoms with Crippen molar-refractivity contribution in [3.63, 3.8) is 0 Å². The summed E-state index contributed by atoms with van der Waals surface area (Å²) in [6.45, 7) is 8.55. The van der Waals surface area contributed by atoms with Crippen LogP contribution in [0.3, 0.4) is 0 Å². The number of fused-ring (bicyclic) bond motifs is 1. The van der Waals surface area contributed by atoms with E-state index in [0.717, 1.165) is 52.6 Å². The van der Waals surface area contributed by atoms with Crippen LogP contribution in [0, 0.1) is 20.8 Å². The number of aromatic nitrogens is 4. The van der Waals surface area contributed by atoms with Crippen LogP contribution in [0.25, 0.3) is 22.6 Å². The highest BCUT2D eigenvalue weighted by molar-refractivity contribution is 6.33. The molecule has 0 unspecified atom stereocenters. The van der Waals surface area contributed by atoms with E-state index in [2.05, 4.69) is 20.4 Å². The molecule has 0 saturated heterocycles. The minimum atomic E-state index is 0.503. The van der Waals surface area contributed by atoms with E-state index in [4.69, 9.17) is 42.4 Å². The van der Waals surface area contributed by atoms with Gasteiger partial charge < -0.3 is 19.5 Å². The lowest BCUT2D eigenvalue weighted by molar-refractivity contribution is 0.310. The molecule has 1 aliphatic heterocycles. The normalized spacial score (nSPS) is 12.8. The van der Waals surface area contributed by atoms with Gasteiger partial charge in [-0.3, -0.25) is 4.98 Å². The van der Waals surface area contributed by atoms with E-state index in [0.29, 0.717) is 52.6 Å². The maximum atomic E-state index is 6.68. The first kappa shape index (κ1) is 25.4. The average Bonchev–Trinajstić information content (AvgIpc) is 3.45. The minimum Gasteiger partial charge on any atom is -0.494 e. The fourth-order valence-electron chi connectivity index (χ4n) is 4.58. The Balaban J connectivity index is 1.61. The number of nitrogens with zero attached hydrogens (tertiary/aromatic N) is 5. The van der Waals surface area contributed by atoms with Gasteiger partial charge in [-0.25, -0.2) is 9.97 Å². The zero-order chi connectivity index (χ0) is 26.1. The number of hydrogen-bond acceptors (Lipinski definition) is 8. The number of halogens is 2. The van der Waals surface area contributed by atoms with Crippen LogP contribution in [0.2, 0.25) is 10.0 Å². The topological polar surface area (TPSA) is 89.2 Å². The van der Waals surface area contributed by atoms with Gasteiger partial charge in [0.2, 0.25) is 0 Å². The second-order valence-electron chi connectivity index (χ2n) is 9.11. The second kappa shape index (κ2) is 10.7. The summed E-state index contributed by atoms with van der Waals surface area (Å²) in [5, 5.41) is 8.45. The van der Waals surface area contributed by atoms with Crippen molar-refractivity contribution in [2.24, 2.45) is 0 Å². The zero-order valence-corrected chi connectivity index (χ0v) is 22.7. The summed E-state index contributed by atoms with van der Waals surface area (Å²) in [6, 6.07) is 7.54. The van der Waals surface area contributed by atoms with Gasteiger partial charge in [0.25, 0.3) is 0 Å². The van der Waals surface area contributed by atoms with Gasteiger partial charge in [-0.15, -0.1) is 0 Å². The molecule has 1 aliphatic rings. The smallest absolute Gasteiger partial charge is 0.163 e. The van der Waals surface area contributed by atoms with Crippen molar-refractivity contribution in [2.75, 3.05) is 25.1 Å². The first-order valence-corrected chi connectivity index (χ1v) is 12.9. The Labute approximate surface area is 226 Å². The van der Waals surface area contributed by atoms with Crippen LogP contribution in [0.5, 0.6) is 5.75 Å². The molecule has 1 N–H and O–H groups in total. The van der Waals surface area contributed by atoms with E-state index in [1.165, 1.54) is 0 Å². The lowest BCUT2D eigenvalue weighted by Crippen LogP contribution is -2.19. The molecule has 8 nitrogen and oxygen atoms in total. The minimum absolute atomic E-state index is 0.503. The van der Waals surface area contributed by atoms with Gasteiger partial charge in [0.1, 0.15) is 17.3 Å². The number of benzene rings is 1. The summed E-state index contributed by atoms with van der Waals surface area (Å²) in [7, 11) is 1.92. The highest BCUT2D eigenvalue weighted by Crippen LogP contribution is 2.39. The Morgan fingerprint density at radius 3 is 2.70 bits per heavy atom. The summed E-state index contributed by atoms with van der Waals surface area (Å²) >= 11 is 12.9. The largest absolute Gasteiger partial charge is 0.494 e. The molecule has 192 valence electrons. The van der Waals surface area contributed by atoms with Crippen molar-refractivity contribution < 1.29 is 9.26 Å². The molecule has 0 fully saturated rings. The molecule has 5 rings (SSSR count). The fourth-order valence-corrected chi connectivity index (χ4v) is 4.97. The Morgan fingerprint density at radius 2 is 1.95 bits per heavy atom. The van der Waals surface area contributed by atoms with Gasteiger partial charge in [0.05, 0.1) is 45.8 Å². The lowest BCUT2D eigenvalue weighted by atomic mass is 10.0. The quantitative estimate of drug-likeness (QED) is 0.276. The third-order valence-electron chi connectivity index (χ3n) is 6.44. The summed E-state index contributed by atoms with van der Waals surface area (Å²) in [5.41, 5.74) is 6.07. The summed E-state index contributed by atoms with van der Waals surface area (Å²) in [6.07, 6.45) is 2.57. The number of ether oxygens (including phenoxy) is 1. The van der Waals surface area contributed by atoms with Crippen LogP contribution in [-0.2, 0) is 13.1 Å². The molecular formula is C27H28Cl2N6O2. The Bertz CT molecular complexity index is 1440. The number of hydrogen-bond donors (Lipinski definition) is 1. The SMILES string of the molecule is CNCCCOc1ccc(Cl)c(-c2nc(-c3c(C)noc3C)c(C)c(N3Cc4cc(Cl)cnc4C3)n2)c1. The van der Waals surface area contributed by atoms with Crippen molar-refractivity contribution in [1.29, 1.82) is 0 Å². The standard InChI is InChI=1S/C27H28Cl2N6O2/c1-15-25(24-16(2)34-37-17(24)3)32-26(21-11-20(6-7-22(21)29)36-9-5-8-30-4)33-27(15)35-13-18-10-19(28)12-31-23(18)14-35/h6-7,10-12,30H,5,8-9,13-14H2,1-4H3. The van der Waals surface area contributed by atoms with Crippen LogP contribution < -0.4 is 15.0 Å². The molecule has 0 amide bonds. The van der Waals surface area contributed by atoms with Gasteiger partial charge in [-0.1, -0.05) is 28.4 Å². The first-order chi connectivity index (χ1) is 17.9. The van der Waals surface area contributed by atoms with Crippen LogP contribution >= 0.6 is 23.2 Å². The predicted molar refractivity (Wildman–Crippen MR) is 145 cm³/mol. The summed E-state index contributed by atoms with van der Waals surface area (Å²) in [4.78, 5) is 16.7. The number of pyridine rings is 1. The molecule has 37 heavy (non-hydrogen) atoms. The molecule has 0 spiro atoms. The Hall–Kier alpha value is -3.20. The molecule has 4 heterocycles. The number of rotatable bonds is 8. The van der Waals surface area contributed by atoms with E-state index in [-0.39, 0.29) is 0 Å². The molecule has 0 aliphatic carbocycles. The highest BCUT2D eigenvalue weighted by Gasteiger charge is 2.27. The number of aryl methyl sites for hydroxylation is 2. The van der Waals surface area contributed by atoms with Gasteiger partial charge >= 0.3 is 0 Å². The molecule has 0 bridgehead atoms. The first-order valence-electron chi connectivity index (χ1n) is 12.1. The third-order valence-corrected chi connectivity index (χ3v) is 6.97. The van der Waals surface area contributed by atoms with Crippen molar-refractivity contribution >= 4 is 29.0 Å². The van der Waals surface area contributed by atoms with Crippen LogP contribution in [0.1, 0.15) is 34.7 Å². The van der Waals surface area contributed by atoms with E-state index in [1.54, 1.807) is 6.20 Å². The second-order valence-corrected chi connectivity index (χ2v) is 9.95. The molecule has 0 radical (unpaired) electrons. The van der Waals surface area contributed by atoms with Crippen LogP contribution in [0.4, 0.5) is 5.82 Å². The van der Waals surface area contributed by atoms with Gasteiger partial charge in [-0.05, 0) is 70.6 Å². The van der Waals surface area contributed by atoms with Crippen molar-refractivity contribution in [2.45, 2.75) is 40.3 Å². The monoisotopic (exact) mass is 538 g/mol. The fraction of sp³-hybridized carbons (Fsp3) is 0.333. The molecule has 0 atom stereocenters. The Kier molecular flexibility index (Phi) is 7.33. The molecule has 4 aromatic rings. The summed E-state index contributed by atoms with van der Waals surface area (Å²) in [5.74, 6) is 2.71. The molecule has 0 saturated carbocycles. The maximum Gasteiger partial charge on any atom is 0.163 e. The number of nitrogens with one attached hydrogen (secondary N) is 1. The van der Waals surface area contributed by atoms with Crippen LogP contribution in [-0.4, -0.2) is 40.3 Å². The van der Waals surface area contributed by atoms with Gasteiger partial charge in [0.15, 0.2) is 5.82 Å². The van der Waals surface area contributed by atoms with Crippen molar-refractivity contribution in [1.82, 2.24) is 25.4 Å². The van der Waals surface area contributed by atoms with E-state index in [9.17, 15) is 0 Å². The van der Waals surface area contributed by atoms with E-state index in [1.807, 2.05) is 52.1 Å². The highest BCUT2D eigenvalue weighted by atomic mass is 35.5. The summed E-state index contributed by atoms with van der Waals surface area (Å²) < 4.78 is 11.4. The molecule has 3 aromatic heterocycles. The molecular weight excluding hydrogens is 511 g/mol. The number of anilines is 1.